The topological polar surface area (TPSA) is 52.4 Å². The van der Waals surface area contributed by atoms with E-state index in [0.717, 1.165) is 5.56 Å². The van der Waals surface area contributed by atoms with Crippen LogP contribution in [0.15, 0.2) is 36.4 Å². The van der Waals surface area contributed by atoms with Gasteiger partial charge in [0, 0.05) is 10.9 Å². The van der Waals surface area contributed by atoms with Gasteiger partial charge >= 0.3 is 5.69 Å². The molecule has 0 atom stereocenters. The predicted octanol–water partition coefficient (Wildman–Crippen LogP) is 5.24. The zero-order valence-corrected chi connectivity index (χ0v) is 12.9. The number of halogens is 2. The number of hydrogen-bond acceptors (Lipinski definition) is 3. The van der Waals surface area contributed by atoms with Crippen molar-refractivity contribution in [2.75, 3.05) is 0 Å². The van der Waals surface area contributed by atoms with Crippen LogP contribution in [0.5, 0.6) is 11.5 Å². The van der Waals surface area contributed by atoms with Gasteiger partial charge in [-0.2, -0.15) is 0 Å². The van der Waals surface area contributed by atoms with Crippen molar-refractivity contribution in [1.29, 1.82) is 0 Å². The molecule has 0 heterocycles. The highest BCUT2D eigenvalue weighted by molar-refractivity contribution is 9.08. The standard InChI is InChI=1S/C14H11BrClNO3/c1-9-3-2-4-13(14(9)17(18)19)20-12-6-5-10(8-15)7-11(12)16/h2-7H,8H2,1H3. The molecule has 2 aromatic rings. The fourth-order valence-electron chi connectivity index (χ4n) is 1.78. The maximum Gasteiger partial charge on any atom is 0.314 e. The van der Waals surface area contributed by atoms with Gasteiger partial charge in [-0.15, -0.1) is 0 Å². The molecule has 0 radical (unpaired) electrons. The van der Waals surface area contributed by atoms with Crippen LogP contribution in [0.4, 0.5) is 5.69 Å². The minimum Gasteiger partial charge on any atom is -0.449 e. The number of aryl methyl sites for hydroxylation is 1. The maximum atomic E-state index is 11.1. The minimum atomic E-state index is -0.453. The van der Waals surface area contributed by atoms with Crippen LogP contribution in [0.25, 0.3) is 0 Å². The van der Waals surface area contributed by atoms with E-state index in [1.165, 1.54) is 0 Å². The molecule has 0 aliphatic rings. The van der Waals surface area contributed by atoms with Crippen molar-refractivity contribution in [2.24, 2.45) is 0 Å². The fraction of sp³-hybridized carbons (Fsp3) is 0.143. The molecule has 4 nitrogen and oxygen atoms in total. The van der Waals surface area contributed by atoms with Crippen molar-refractivity contribution in [3.8, 4) is 11.5 Å². The van der Waals surface area contributed by atoms with Gasteiger partial charge in [0.2, 0.25) is 5.75 Å². The zero-order chi connectivity index (χ0) is 14.7. The summed E-state index contributed by atoms with van der Waals surface area (Å²) >= 11 is 9.45. The van der Waals surface area contributed by atoms with Crippen LogP contribution in [0, 0.1) is 17.0 Å². The van der Waals surface area contributed by atoms with Gasteiger partial charge < -0.3 is 4.74 Å². The molecular formula is C14H11BrClNO3. The monoisotopic (exact) mass is 355 g/mol. The van der Waals surface area contributed by atoms with Gasteiger partial charge in [0.15, 0.2) is 0 Å². The average Bonchev–Trinajstić information content (AvgIpc) is 2.40. The molecule has 0 unspecified atom stereocenters. The summed E-state index contributed by atoms with van der Waals surface area (Å²) < 4.78 is 5.59. The summed E-state index contributed by atoms with van der Waals surface area (Å²) in [4.78, 5) is 10.7. The molecule has 0 spiro atoms. The Kier molecular flexibility index (Phi) is 4.62. The lowest BCUT2D eigenvalue weighted by atomic mass is 10.2. The molecule has 2 rings (SSSR count). The SMILES string of the molecule is Cc1cccc(Oc2ccc(CBr)cc2Cl)c1[N+](=O)[O-]. The van der Waals surface area contributed by atoms with Crippen LogP contribution in [0.2, 0.25) is 5.02 Å². The van der Waals surface area contributed by atoms with Crippen LogP contribution >= 0.6 is 27.5 Å². The molecule has 0 amide bonds. The third-order valence-corrected chi connectivity index (χ3v) is 3.70. The number of para-hydroxylation sites is 1. The third-order valence-electron chi connectivity index (χ3n) is 2.75. The summed E-state index contributed by atoms with van der Waals surface area (Å²) in [6, 6.07) is 10.2. The van der Waals surface area contributed by atoms with Gasteiger partial charge in [0.25, 0.3) is 0 Å². The second kappa shape index (κ2) is 6.24. The summed E-state index contributed by atoms with van der Waals surface area (Å²) in [5.41, 5.74) is 1.50. The molecule has 0 saturated carbocycles. The molecule has 20 heavy (non-hydrogen) atoms. The van der Waals surface area contributed by atoms with Crippen LogP contribution in [-0.2, 0) is 5.33 Å². The van der Waals surface area contributed by atoms with Crippen LogP contribution in [0.3, 0.4) is 0 Å². The Morgan fingerprint density at radius 1 is 1.30 bits per heavy atom. The van der Waals surface area contributed by atoms with E-state index in [1.807, 2.05) is 6.07 Å². The normalized spacial score (nSPS) is 10.3. The van der Waals surface area contributed by atoms with E-state index < -0.39 is 4.92 Å². The lowest BCUT2D eigenvalue weighted by Crippen LogP contribution is -1.96. The van der Waals surface area contributed by atoms with E-state index in [2.05, 4.69) is 15.9 Å². The molecule has 104 valence electrons. The number of nitro benzene ring substituents is 1. The number of benzene rings is 2. The second-order valence-corrected chi connectivity index (χ2v) is 5.15. The average molecular weight is 357 g/mol. The number of alkyl halides is 1. The van der Waals surface area contributed by atoms with E-state index in [0.29, 0.717) is 21.7 Å². The highest BCUT2D eigenvalue weighted by Gasteiger charge is 2.19. The Morgan fingerprint density at radius 3 is 2.65 bits per heavy atom. The lowest BCUT2D eigenvalue weighted by Gasteiger charge is -2.09. The van der Waals surface area contributed by atoms with Crippen molar-refractivity contribution in [3.05, 3.63) is 62.7 Å². The Morgan fingerprint density at radius 2 is 2.05 bits per heavy atom. The molecule has 0 bridgehead atoms. The quantitative estimate of drug-likeness (QED) is 0.427. The number of nitrogens with zero attached hydrogens (tertiary/aromatic N) is 1. The molecule has 0 aromatic heterocycles. The van der Waals surface area contributed by atoms with Gasteiger partial charge in [-0.05, 0) is 30.7 Å². The van der Waals surface area contributed by atoms with Crippen molar-refractivity contribution in [3.63, 3.8) is 0 Å². The van der Waals surface area contributed by atoms with Gasteiger partial charge in [-0.3, -0.25) is 10.1 Å². The van der Waals surface area contributed by atoms with Crippen molar-refractivity contribution in [1.82, 2.24) is 0 Å². The third kappa shape index (κ3) is 3.11. The van der Waals surface area contributed by atoms with E-state index in [-0.39, 0.29) is 11.4 Å². The maximum absolute atomic E-state index is 11.1. The first-order valence-electron chi connectivity index (χ1n) is 5.79. The van der Waals surface area contributed by atoms with Gasteiger partial charge in [-0.1, -0.05) is 45.7 Å². The molecule has 2 aromatic carbocycles. The van der Waals surface area contributed by atoms with Gasteiger partial charge in [0.05, 0.1) is 9.95 Å². The first-order valence-corrected chi connectivity index (χ1v) is 7.29. The zero-order valence-electron chi connectivity index (χ0n) is 10.6. The molecule has 0 fully saturated rings. The number of ether oxygens (including phenoxy) is 1. The Hall–Kier alpha value is -1.59. The van der Waals surface area contributed by atoms with E-state index in [9.17, 15) is 10.1 Å². The van der Waals surface area contributed by atoms with E-state index >= 15 is 0 Å². The van der Waals surface area contributed by atoms with E-state index in [1.54, 1.807) is 37.3 Å². The minimum absolute atomic E-state index is 0.0480. The molecule has 6 heteroatoms. The summed E-state index contributed by atoms with van der Waals surface area (Å²) in [5.74, 6) is 0.577. The number of hydrogen-bond donors (Lipinski definition) is 0. The number of nitro groups is 1. The summed E-state index contributed by atoms with van der Waals surface area (Å²) in [7, 11) is 0. The van der Waals surface area contributed by atoms with Gasteiger partial charge in [-0.25, -0.2) is 0 Å². The highest BCUT2D eigenvalue weighted by atomic mass is 79.9. The Bertz CT molecular complexity index is 661. The second-order valence-electron chi connectivity index (χ2n) is 4.18. The van der Waals surface area contributed by atoms with Crippen molar-refractivity contribution < 1.29 is 9.66 Å². The highest BCUT2D eigenvalue weighted by Crippen LogP contribution is 2.37. The molecule has 0 aliphatic carbocycles. The smallest absolute Gasteiger partial charge is 0.314 e. The first-order chi connectivity index (χ1) is 9.52. The van der Waals surface area contributed by atoms with Crippen LogP contribution < -0.4 is 4.74 Å². The van der Waals surface area contributed by atoms with E-state index in [4.69, 9.17) is 16.3 Å². The van der Waals surface area contributed by atoms with Crippen LogP contribution in [0.1, 0.15) is 11.1 Å². The fourth-order valence-corrected chi connectivity index (χ4v) is 2.37. The summed E-state index contributed by atoms with van der Waals surface area (Å²) in [5, 5.41) is 12.2. The summed E-state index contributed by atoms with van der Waals surface area (Å²) in [6.45, 7) is 1.67. The molecule has 0 aliphatic heterocycles. The number of rotatable bonds is 4. The molecule has 0 saturated heterocycles. The van der Waals surface area contributed by atoms with Crippen LogP contribution in [-0.4, -0.2) is 4.92 Å². The van der Waals surface area contributed by atoms with Gasteiger partial charge in [0.1, 0.15) is 5.75 Å². The Balaban J connectivity index is 2.40. The van der Waals surface area contributed by atoms with Crippen molar-refractivity contribution in [2.45, 2.75) is 12.3 Å². The van der Waals surface area contributed by atoms with Crippen molar-refractivity contribution >= 4 is 33.2 Å². The lowest BCUT2D eigenvalue weighted by molar-refractivity contribution is -0.386. The Labute approximate surface area is 129 Å². The summed E-state index contributed by atoms with van der Waals surface area (Å²) in [6.07, 6.45) is 0. The largest absolute Gasteiger partial charge is 0.449 e. The predicted molar refractivity (Wildman–Crippen MR) is 82.0 cm³/mol. The first kappa shape index (κ1) is 14.8. The molecule has 0 N–H and O–H groups in total. The molecular weight excluding hydrogens is 346 g/mol.